The third-order valence-electron chi connectivity index (χ3n) is 2.80. The molecule has 0 aliphatic carbocycles. The van der Waals surface area contributed by atoms with E-state index in [4.69, 9.17) is 5.11 Å². The lowest BCUT2D eigenvalue weighted by Crippen LogP contribution is -2.45. The molecule has 0 rings (SSSR count). The van der Waals surface area contributed by atoms with Crippen molar-refractivity contribution in [3.8, 4) is 0 Å². The van der Waals surface area contributed by atoms with Crippen LogP contribution < -0.4 is 5.32 Å². The number of aliphatic carboxylic acids is 1. The zero-order valence-electron chi connectivity index (χ0n) is 10.3. The summed E-state index contributed by atoms with van der Waals surface area (Å²) in [7, 11) is 1.69. The van der Waals surface area contributed by atoms with E-state index >= 15 is 0 Å². The summed E-state index contributed by atoms with van der Waals surface area (Å²) < 4.78 is 0. The molecule has 4 heteroatoms. The van der Waals surface area contributed by atoms with Crippen molar-refractivity contribution in [2.45, 2.75) is 33.2 Å². The minimum absolute atomic E-state index is 0.464. The maximum absolute atomic E-state index is 10.8. The molecule has 90 valence electrons. The quantitative estimate of drug-likeness (QED) is 0.636. The van der Waals surface area contributed by atoms with E-state index in [1.54, 1.807) is 7.05 Å². The number of carboxylic acid groups (broad SMARTS) is 1. The van der Waals surface area contributed by atoms with Crippen molar-refractivity contribution in [1.82, 2.24) is 10.2 Å². The fourth-order valence-corrected chi connectivity index (χ4v) is 1.45. The predicted molar refractivity (Wildman–Crippen MR) is 62.1 cm³/mol. The van der Waals surface area contributed by atoms with Gasteiger partial charge in [0.15, 0.2) is 0 Å². The van der Waals surface area contributed by atoms with Gasteiger partial charge in [0.05, 0.1) is 0 Å². The Morgan fingerprint density at radius 3 is 2.33 bits per heavy atom. The Morgan fingerprint density at radius 1 is 1.40 bits per heavy atom. The van der Waals surface area contributed by atoms with Crippen molar-refractivity contribution in [1.29, 1.82) is 0 Å². The number of nitrogens with one attached hydrogen (secondary N) is 1. The van der Waals surface area contributed by atoms with Crippen LogP contribution in [0.5, 0.6) is 0 Å². The Bertz CT molecular complexity index is 185. The first-order chi connectivity index (χ1) is 7.04. The molecule has 0 spiro atoms. The van der Waals surface area contributed by atoms with Crippen molar-refractivity contribution in [3.63, 3.8) is 0 Å². The molecular formula is C11H24N2O2. The Morgan fingerprint density at radius 2 is 2.00 bits per heavy atom. The lowest BCUT2D eigenvalue weighted by molar-refractivity contribution is -0.139. The Kier molecular flexibility index (Phi) is 7.34. The molecule has 0 aromatic carbocycles. The van der Waals surface area contributed by atoms with Crippen molar-refractivity contribution < 1.29 is 9.90 Å². The monoisotopic (exact) mass is 216 g/mol. The fourth-order valence-electron chi connectivity index (χ4n) is 1.45. The van der Waals surface area contributed by atoms with Gasteiger partial charge < -0.3 is 15.3 Å². The predicted octanol–water partition coefficient (Wildman–Crippen LogP) is 1.03. The number of likely N-dealkylation sites (N-methyl/N-ethyl adjacent to an activating group) is 2. The van der Waals surface area contributed by atoms with Crippen LogP contribution in [0.1, 0.15) is 27.2 Å². The van der Waals surface area contributed by atoms with E-state index in [2.05, 4.69) is 31.0 Å². The maximum atomic E-state index is 10.8. The smallest absolute Gasteiger partial charge is 0.322 e. The molecule has 0 saturated carbocycles. The maximum Gasteiger partial charge on any atom is 0.322 e. The lowest BCUT2D eigenvalue weighted by atomic mass is 10.1. The summed E-state index contributed by atoms with van der Waals surface area (Å²) in [6, 6.07) is -0.464. The molecule has 0 fully saturated rings. The van der Waals surface area contributed by atoms with Crippen LogP contribution in [-0.4, -0.2) is 48.7 Å². The third kappa shape index (κ3) is 5.74. The van der Waals surface area contributed by atoms with Crippen LogP contribution in [-0.2, 0) is 4.79 Å². The van der Waals surface area contributed by atoms with Gasteiger partial charge in [0, 0.05) is 13.1 Å². The van der Waals surface area contributed by atoms with Gasteiger partial charge in [-0.25, -0.2) is 0 Å². The highest BCUT2D eigenvalue weighted by Crippen LogP contribution is 2.04. The molecule has 0 saturated heterocycles. The van der Waals surface area contributed by atoms with Crippen molar-refractivity contribution >= 4 is 5.97 Å². The van der Waals surface area contributed by atoms with Crippen LogP contribution in [0.25, 0.3) is 0 Å². The summed E-state index contributed by atoms with van der Waals surface area (Å²) >= 11 is 0. The SMILES string of the molecule is CCC(C)CN(CC)CC(NC)C(=O)O. The second-order valence-electron chi connectivity index (χ2n) is 4.05. The number of rotatable bonds is 8. The van der Waals surface area contributed by atoms with Gasteiger partial charge in [-0.15, -0.1) is 0 Å². The third-order valence-corrected chi connectivity index (χ3v) is 2.80. The molecule has 0 radical (unpaired) electrons. The van der Waals surface area contributed by atoms with E-state index in [0.717, 1.165) is 19.5 Å². The van der Waals surface area contributed by atoms with E-state index < -0.39 is 12.0 Å². The van der Waals surface area contributed by atoms with Gasteiger partial charge in [-0.3, -0.25) is 4.79 Å². The Labute approximate surface area is 92.7 Å². The summed E-state index contributed by atoms with van der Waals surface area (Å²) in [4.78, 5) is 13.0. The van der Waals surface area contributed by atoms with Crippen LogP contribution in [0, 0.1) is 5.92 Å². The van der Waals surface area contributed by atoms with Crippen molar-refractivity contribution in [2.75, 3.05) is 26.7 Å². The van der Waals surface area contributed by atoms with E-state index in [1.807, 2.05) is 0 Å². The molecule has 0 aliphatic rings. The summed E-state index contributed by atoms with van der Waals surface area (Å²) in [5.74, 6) is -0.156. The van der Waals surface area contributed by atoms with Gasteiger partial charge >= 0.3 is 5.97 Å². The van der Waals surface area contributed by atoms with E-state index in [0.29, 0.717) is 12.5 Å². The molecular weight excluding hydrogens is 192 g/mol. The normalized spacial score (nSPS) is 15.3. The highest BCUT2D eigenvalue weighted by atomic mass is 16.4. The average molecular weight is 216 g/mol. The lowest BCUT2D eigenvalue weighted by Gasteiger charge is -2.26. The second kappa shape index (κ2) is 7.65. The second-order valence-corrected chi connectivity index (χ2v) is 4.05. The van der Waals surface area contributed by atoms with E-state index in [-0.39, 0.29) is 0 Å². The summed E-state index contributed by atoms with van der Waals surface area (Å²) in [5, 5.41) is 11.7. The van der Waals surface area contributed by atoms with Gasteiger partial charge in [-0.05, 0) is 19.5 Å². The van der Waals surface area contributed by atoms with Crippen molar-refractivity contribution in [3.05, 3.63) is 0 Å². The largest absolute Gasteiger partial charge is 0.480 e. The first kappa shape index (κ1) is 14.4. The Hall–Kier alpha value is -0.610. The molecule has 2 atom stereocenters. The van der Waals surface area contributed by atoms with Crippen LogP contribution in [0.4, 0.5) is 0 Å². The molecule has 0 aliphatic heterocycles. The fraction of sp³-hybridized carbons (Fsp3) is 0.909. The van der Waals surface area contributed by atoms with Crippen LogP contribution in [0.3, 0.4) is 0 Å². The van der Waals surface area contributed by atoms with E-state index in [1.165, 1.54) is 0 Å². The Balaban J connectivity index is 4.12. The van der Waals surface area contributed by atoms with Crippen LogP contribution >= 0.6 is 0 Å². The summed E-state index contributed by atoms with van der Waals surface area (Å²) in [6.45, 7) is 8.86. The number of carbonyl (C=O) groups is 1. The number of carboxylic acids is 1. The topological polar surface area (TPSA) is 52.6 Å². The minimum Gasteiger partial charge on any atom is -0.480 e. The van der Waals surface area contributed by atoms with Gasteiger partial charge in [0.1, 0.15) is 6.04 Å². The van der Waals surface area contributed by atoms with Gasteiger partial charge in [0.25, 0.3) is 0 Å². The molecule has 2 N–H and O–H groups in total. The zero-order chi connectivity index (χ0) is 11.8. The molecule has 4 nitrogen and oxygen atoms in total. The molecule has 0 bridgehead atoms. The first-order valence-corrected chi connectivity index (χ1v) is 5.67. The number of hydrogen-bond acceptors (Lipinski definition) is 3. The zero-order valence-corrected chi connectivity index (χ0v) is 10.3. The van der Waals surface area contributed by atoms with Gasteiger partial charge in [-0.2, -0.15) is 0 Å². The molecule has 0 aromatic heterocycles. The summed E-state index contributed by atoms with van der Waals surface area (Å²) in [6.07, 6.45) is 1.13. The number of hydrogen-bond donors (Lipinski definition) is 2. The van der Waals surface area contributed by atoms with Gasteiger partial charge in [0.2, 0.25) is 0 Å². The minimum atomic E-state index is -0.778. The van der Waals surface area contributed by atoms with Crippen LogP contribution in [0.2, 0.25) is 0 Å². The standard InChI is InChI=1S/C11H24N2O2/c1-5-9(3)7-13(6-2)8-10(12-4)11(14)15/h9-10,12H,5-8H2,1-4H3,(H,14,15). The van der Waals surface area contributed by atoms with Crippen LogP contribution in [0.15, 0.2) is 0 Å². The first-order valence-electron chi connectivity index (χ1n) is 5.67. The van der Waals surface area contributed by atoms with Crippen molar-refractivity contribution in [2.24, 2.45) is 5.92 Å². The summed E-state index contributed by atoms with van der Waals surface area (Å²) in [5.41, 5.74) is 0. The highest BCUT2D eigenvalue weighted by molar-refractivity contribution is 5.73. The molecule has 0 aromatic rings. The molecule has 2 unspecified atom stereocenters. The van der Waals surface area contributed by atoms with E-state index in [9.17, 15) is 4.79 Å². The van der Waals surface area contributed by atoms with Gasteiger partial charge in [-0.1, -0.05) is 27.2 Å². The molecule has 0 amide bonds. The molecule has 0 heterocycles. The highest BCUT2D eigenvalue weighted by Gasteiger charge is 2.18. The molecule has 15 heavy (non-hydrogen) atoms. The number of nitrogens with zero attached hydrogens (tertiary/aromatic N) is 1. The average Bonchev–Trinajstić information content (AvgIpc) is 2.22.